The van der Waals surface area contributed by atoms with Crippen LogP contribution >= 0.6 is 0 Å². The normalized spacial score (nSPS) is 19.7. The summed E-state index contributed by atoms with van der Waals surface area (Å²) in [5.74, 6) is 1.25. The van der Waals surface area contributed by atoms with Crippen LogP contribution in [0.2, 0.25) is 0 Å². The van der Waals surface area contributed by atoms with E-state index in [4.69, 9.17) is 4.74 Å². The number of amides is 1. The average molecular weight is 327 g/mol. The van der Waals surface area contributed by atoms with Crippen LogP contribution in [0.15, 0.2) is 4.99 Å². The third kappa shape index (κ3) is 8.76. The Morgan fingerprint density at radius 2 is 2.00 bits per heavy atom. The van der Waals surface area contributed by atoms with E-state index in [0.717, 1.165) is 32.8 Å². The Morgan fingerprint density at radius 3 is 2.65 bits per heavy atom. The Labute approximate surface area is 140 Å². The molecule has 1 unspecified atom stereocenters. The Bertz CT molecular complexity index is 373. The van der Waals surface area contributed by atoms with Crippen LogP contribution in [-0.2, 0) is 9.53 Å². The van der Waals surface area contributed by atoms with E-state index in [0.29, 0.717) is 25.0 Å². The van der Waals surface area contributed by atoms with E-state index in [1.807, 2.05) is 13.8 Å². The SMILES string of the molecule is CCNC(=O)CN=C(NCC)NCC1CN(CC(C)C)CCO1. The molecule has 7 heteroatoms. The van der Waals surface area contributed by atoms with Gasteiger partial charge in [-0.1, -0.05) is 13.8 Å². The van der Waals surface area contributed by atoms with E-state index in [-0.39, 0.29) is 18.6 Å². The highest BCUT2D eigenvalue weighted by Gasteiger charge is 2.21. The van der Waals surface area contributed by atoms with Crippen LogP contribution in [0.4, 0.5) is 0 Å². The van der Waals surface area contributed by atoms with Gasteiger partial charge in [0.2, 0.25) is 5.91 Å². The van der Waals surface area contributed by atoms with Gasteiger partial charge in [0, 0.05) is 39.3 Å². The molecule has 0 aromatic carbocycles. The number of carbonyl (C=O) groups excluding carboxylic acids is 1. The topological polar surface area (TPSA) is 78.0 Å². The minimum atomic E-state index is -0.0678. The molecule has 1 fully saturated rings. The van der Waals surface area contributed by atoms with E-state index in [2.05, 4.69) is 39.7 Å². The van der Waals surface area contributed by atoms with Crippen molar-refractivity contribution in [2.24, 2.45) is 10.9 Å². The second kappa shape index (κ2) is 11.2. The number of guanidine groups is 1. The molecule has 7 nitrogen and oxygen atoms in total. The van der Waals surface area contributed by atoms with Crippen LogP contribution in [0.5, 0.6) is 0 Å². The fourth-order valence-electron chi connectivity index (χ4n) is 2.54. The summed E-state index contributed by atoms with van der Waals surface area (Å²) in [6.07, 6.45) is 0.149. The zero-order valence-electron chi connectivity index (χ0n) is 15.0. The maximum atomic E-state index is 11.5. The summed E-state index contributed by atoms with van der Waals surface area (Å²) < 4.78 is 5.82. The lowest BCUT2D eigenvalue weighted by atomic mass is 10.2. The van der Waals surface area contributed by atoms with Crippen molar-refractivity contribution in [3.8, 4) is 0 Å². The minimum Gasteiger partial charge on any atom is -0.374 e. The molecule has 23 heavy (non-hydrogen) atoms. The Kier molecular flexibility index (Phi) is 9.63. The first-order valence-electron chi connectivity index (χ1n) is 8.67. The molecule has 0 aromatic rings. The van der Waals surface area contributed by atoms with Gasteiger partial charge in [-0.25, -0.2) is 4.99 Å². The van der Waals surface area contributed by atoms with Gasteiger partial charge >= 0.3 is 0 Å². The first kappa shape index (κ1) is 19.7. The third-order valence-electron chi connectivity index (χ3n) is 3.44. The van der Waals surface area contributed by atoms with Crippen LogP contribution in [0, 0.1) is 5.92 Å². The monoisotopic (exact) mass is 327 g/mol. The van der Waals surface area contributed by atoms with E-state index < -0.39 is 0 Å². The van der Waals surface area contributed by atoms with Gasteiger partial charge in [-0.3, -0.25) is 9.69 Å². The van der Waals surface area contributed by atoms with Crippen LogP contribution in [0.3, 0.4) is 0 Å². The van der Waals surface area contributed by atoms with E-state index in [1.54, 1.807) is 0 Å². The Balaban J connectivity index is 2.41. The number of morpholine rings is 1. The van der Waals surface area contributed by atoms with Crippen molar-refractivity contribution in [3.05, 3.63) is 0 Å². The molecule has 0 bridgehead atoms. The maximum absolute atomic E-state index is 11.5. The molecule has 0 radical (unpaired) electrons. The van der Waals surface area contributed by atoms with Crippen LogP contribution < -0.4 is 16.0 Å². The van der Waals surface area contributed by atoms with Crippen LogP contribution in [0.1, 0.15) is 27.7 Å². The fourth-order valence-corrected chi connectivity index (χ4v) is 2.54. The van der Waals surface area contributed by atoms with Gasteiger partial charge in [0.05, 0.1) is 12.7 Å². The van der Waals surface area contributed by atoms with E-state index in [1.165, 1.54) is 0 Å². The van der Waals surface area contributed by atoms with Gasteiger partial charge in [0.15, 0.2) is 5.96 Å². The van der Waals surface area contributed by atoms with Gasteiger partial charge in [-0.15, -0.1) is 0 Å². The first-order chi connectivity index (χ1) is 11.0. The van der Waals surface area contributed by atoms with Gasteiger partial charge < -0.3 is 20.7 Å². The summed E-state index contributed by atoms with van der Waals surface area (Å²) in [5.41, 5.74) is 0. The number of likely N-dealkylation sites (N-methyl/N-ethyl adjacent to an activating group) is 1. The molecule has 1 aliphatic rings. The highest BCUT2D eigenvalue weighted by Crippen LogP contribution is 2.07. The highest BCUT2D eigenvalue weighted by molar-refractivity contribution is 5.84. The molecular weight excluding hydrogens is 294 g/mol. The van der Waals surface area contributed by atoms with Gasteiger partial charge in [-0.05, 0) is 19.8 Å². The molecule has 1 heterocycles. The predicted molar refractivity (Wildman–Crippen MR) is 93.7 cm³/mol. The summed E-state index contributed by atoms with van der Waals surface area (Å²) in [6, 6.07) is 0. The van der Waals surface area contributed by atoms with Gasteiger partial charge in [-0.2, -0.15) is 0 Å². The molecule has 134 valence electrons. The van der Waals surface area contributed by atoms with Crippen molar-refractivity contribution >= 4 is 11.9 Å². The molecule has 1 amide bonds. The number of nitrogens with one attached hydrogen (secondary N) is 3. The quantitative estimate of drug-likeness (QED) is 0.433. The van der Waals surface area contributed by atoms with Gasteiger partial charge in [0.25, 0.3) is 0 Å². The molecule has 1 atom stereocenters. The lowest BCUT2D eigenvalue weighted by Crippen LogP contribution is -2.50. The van der Waals surface area contributed by atoms with E-state index >= 15 is 0 Å². The van der Waals surface area contributed by atoms with Crippen molar-refractivity contribution in [2.75, 3.05) is 52.4 Å². The lowest BCUT2D eigenvalue weighted by Gasteiger charge is -2.34. The maximum Gasteiger partial charge on any atom is 0.241 e. The molecule has 0 aliphatic carbocycles. The number of ether oxygens (including phenoxy) is 1. The summed E-state index contributed by atoms with van der Waals surface area (Å²) in [6.45, 7) is 14.4. The second-order valence-corrected chi connectivity index (χ2v) is 6.18. The van der Waals surface area contributed by atoms with E-state index in [9.17, 15) is 4.79 Å². The molecule has 0 spiro atoms. The van der Waals surface area contributed by atoms with Crippen molar-refractivity contribution in [3.63, 3.8) is 0 Å². The van der Waals surface area contributed by atoms with Gasteiger partial charge in [0.1, 0.15) is 6.54 Å². The number of rotatable bonds is 8. The highest BCUT2D eigenvalue weighted by atomic mass is 16.5. The second-order valence-electron chi connectivity index (χ2n) is 6.18. The molecule has 0 saturated carbocycles. The molecule has 3 N–H and O–H groups in total. The first-order valence-corrected chi connectivity index (χ1v) is 8.67. The molecule has 0 aromatic heterocycles. The third-order valence-corrected chi connectivity index (χ3v) is 3.44. The summed E-state index contributed by atoms with van der Waals surface area (Å²) in [5, 5.41) is 9.16. The number of aliphatic imine (C=N–C) groups is 1. The smallest absolute Gasteiger partial charge is 0.241 e. The van der Waals surface area contributed by atoms with Crippen LogP contribution in [-0.4, -0.2) is 75.3 Å². The van der Waals surface area contributed by atoms with Crippen LogP contribution in [0.25, 0.3) is 0 Å². The largest absolute Gasteiger partial charge is 0.374 e. The number of carbonyl (C=O) groups is 1. The Hall–Kier alpha value is -1.34. The predicted octanol–water partition coefficient (Wildman–Crippen LogP) is 0.0344. The molecule has 1 rings (SSSR count). The van der Waals surface area contributed by atoms with Crippen molar-refractivity contribution in [1.29, 1.82) is 0 Å². The zero-order valence-corrected chi connectivity index (χ0v) is 15.0. The number of hydrogen-bond donors (Lipinski definition) is 3. The van der Waals surface area contributed by atoms with Crippen molar-refractivity contribution in [2.45, 2.75) is 33.8 Å². The number of hydrogen-bond acceptors (Lipinski definition) is 4. The summed E-state index contributed by atoms with van der Waals surface area (Å²) in [4.78, 5) is 18.2. The fraction of sp³-hybridized carbons (Fsp3) is 0.875. The standard InChI is InChI=1S/C16H33N5O2/c1-5-17-15(22)10-20-16(18-6-2)19-9-14-12-21(7-8-23-14)11-13(3)4/h13-14H,5-12H2,1-4H3,(H,17,22)(H2,18,19,20). The molecule has 1 aliphatic heterocycles. The molecular formula is C16H33N5O2. The summed E-state index contributed by atoms with van der Waals surface area (Å²) in [7, 11) is 0. The zero-order chi connectivity index (χ0) is 17.1. The molecule has 1 saturated heterocycles. The van der Waals surface area contributed by atoms with Crippen molar-refractivity contribution in [1.82, 2.24) is 20.9 Å². The number of nitrogens with zero attached hydrogens (tertiary/aromatic N) is 2. The Morgan fingerprint density at radius 1 is 1.26 bits per heavy atom. The van der Waals surface area contributed by atoms with Crippen molar-refractivity contribution < 1.29 is 9.53 Å². The average Bonchev–Trinajstić information content (AvgIpc) is 2.50. The minimum absolute atomic E-state index is 0.0678. The lowest BCUT2D eigenvalue weighted by molar-refractivity contribution is -0.119. The summed E-state index contributed by atoms with van der Waals surface area (Å²) >= 11 is 0.